The number of benzene rings is 2. The average Bonchev–Trinajstić information content (AvgIpc) is 2.55. The second-order valence-electron chi connectivity index (χ2n) is 4.78. The van der Waals surface area contributed by atoms with Crippen LogP contribution in [0.3, 0.4) is 0 Å². The van der Waals surface area contributed by atoms with Crippen molar-refractivity contribution in [3.05, 3.63) is 65.9 Å². The number of rotatable bonds is 6. The Morgan fingerprint density at radius 3 is 2.64 bits per heavy atom. The molecule has 0 atom stereocenters. The smallest absolute Gasteiger partial charge is 0.187 e. The molecule has 0 saturated carbocycles. The molecule has 0 aliphatic rings. The maximum Gasteiger partial charge on any atom is 0.187 e. The molecule has 22 heavy (non-hydrogen) atoms. The summed E-state index contributed by atoms with van der Waals surface area (Å²) < 4.78 is 10.4. The molecule has 0 spiro atoms. The van der Waals surface area contributed by atoms with Crippen molar-refractivity contribution in [2.24, 2.45) is 0 Å². The van der Waals surface area contributed by atoms with Crippen molar-refractivity contribution in [1.29, 1.82) is 0 Å². The summed E-state index contributed by atoms with van der Waals surface area (Å²) in [7, 11) is 3.19. The van der Waals surface area contributed by atoms with Gasteiger partial charge in [0.1, 0.15) is 11.5 Å². The number of hydrogen-bond donors (Lipinski definition) is 1. The standard InChI is InChI=1S/C18H19NO3/c1-13-7-8-18(22-3)16(11-13)19-10-9-17(20)14-5-4-6-15(12-14)21-2/h4-12,19H,1-3H3/b10-9+. The Labute approximate surface area is 130 Å². The molecule has 114 valence electrons. The zero-order chi connectivity index (χ0) is 15.9. The van der Waals surface area contributed by atoms with E-state index in [4.69, 9.17) is 9.47 Å². The second kappa shape index (κ2) is 7.31. The van der Waals surface area contributed by atoms with Crippen LogP contribution in [0.1, 0.15) is 15.9 Å². The summed E-state index contributed by atoms with van der Waals surface area (Å²) in [5.74, 6) is 1.29. The molecule has 0 fully saturated rings. The van der Waals surface area contributed by atoms with Gasteiger partial charge in [-0.15, -0.1) is 0 Å². The number of anilines is 1. The highest BCUT2D eigenvalue weighted by Crippen LogP contribution is 2.25. The summed E-state index contributed by atoms with van der Waals surface area (Å²) >= 11 is 0. The van der Waals surface area contributed by atoms with Crippen molar-refractivity contribution in [3.8, 4) is 11.5 Å². The summed E-state index contributed by atoms with van der Waals surface area (Å²) in [5.41, 5.74) is 2.50. The van der Waals surface area contributed by atoms with Crippen LogP contribution in [0.5, 0.6) is 11.5 Å². The number of aryl methyl sites for hydroxylation is 1. The Bertz CT molecular complexity index is 692. The molecule has 0 amide bonds. The molecule has 0 aromatic heterocycles. The molecule has 0 heterocycles. The number of allylic oxidation sites excluding steroid dienone is 1. The summed E-state index contributed by atoms with van der Waals surface area (Å²) in [6.07, 6.45) is 3.09. The van der Waals surface area contributed by atoms with Gasteiger partial charge in [-0.3, -0.25) is 4.79 Å². The second-order valence-corrected chi connectivity index (χ2v) is 4.78. The minimum absolute atomic E-state index is 0.0991. The third-order valence-corrected chi connectivity index (χ3v) is 3.18. The Balaban J connectivity index is 2.09. The Hall–Kier alpha value is -2.75. The fourth-order valence-electron chi connectivity index (χ4n) is 2.01. The molecular formula is C18H19NO3. The first-order valence-corrected chi connectivity index (χ1v) is 6.90. The van der Waals surface area contributed by atoms with E-state index in [0.717, 1.165) is 17.0 Å². The fourth-order valence-corrected chi connectivity index (χ4v) is 2.01. The lowest BCUT2D eigenvalue weighted by Crippen LogP contribution is -1.98. The van der Waals surface area contributed by atoms with Crippen molar-refractivity contribution in [2.45, 2.75) is 6.92 Å². The number of carbonyl (C=O) groups is 1. The number of ether oxygens (including phenoxy) is 2. The van der Waals surface area contributed by atoms with Crippen molar-refractivity contribution in [3.63, 3.8) is 0 Å². The predicted molar refractivity (Wildman–Crippen MR) is 87.8 cm³/mol. The Morgan fingerprint density at radius 2 is 1.91 bits per heavy atom. The zero-order valence-electron chi connectivity index (χ0n) is 12.9. The monoisotopic (exact) mass is 297 g/mol. The minimum atomic E-state index is -0.0991. The van der Waals surface area contributed by atoms with E-state index in [2.05, 4.69) is 5.32 Å². The van der Waals surface area contributed by atoms with Crippen LogP contribution in [0, 0.1) is 6.92 Å². The van der Waals surface area contributed by atoms with Gasteiger partial charge in [-0.25, -0.2) is 0 Å². The van der Waals surface area contributed by atoms with Gasteiger partial charge < -0.3 is 14.8 Å². The first kappa shape index (κ1) is 15.6. The third kappa shape index (κ3) is 3.88. The van der Waals surface area contributed by atoms with Gasteiger partial charge in [0.05, 0.1) is 19.9 Å². The van der Waals surface area contributed by atoms with Gasteiger partial charge in [0.2, 0.25) is 0 Å². The van der Waals surface area contributed by atoms with Crippen LogP contribution in [0.2, 0.25) is 0 Å². The molecule has 0 unspecified atom stereocenters. The molecule has 2 aromatic rings. The van der Waals surface area contributed by atoms with Crippen LogP contribution < -0.4 is 14.8 Å². The molecule has 2 rings (SSSR count). The Kier molecular flexibility index (Phi) is 5.20. The van der Waals surface area contributed by atoms with E-state index >= 15 is 0 Å². The SMILES string of the molecule is COc1cccc(C(=O)/C=C/Nc2cc(C)ccc2OC)c1. The van der Waals surface area contributed by atoms with Gasteiger partial charge >= 0.3 is 0 Å². The first-order valence-electron chi connectivity index (χ1n) is 6.90. The normalized spacial score (nSPS) is 10.5. The summed E-state index contributed by atoms with van der Waals surface area (Å²) in [6, 6.07) is 12.9. The molecule has 4 nitrogen and oxygen atoms in total. The van der Waals surface area contributed by atoms with Gasteiger partial charge in [0, 0.05) is 17.8 Å². The van der Waals surface area contributed by atoms with Crippen LogP contribution in [-0.2, 0) is 0 Å². The lowest BCUT2D eigenvalue weighted by molar-refractivity contribution is 0.104. The highest BCUT2D eigenvalue weighted by atomic mass is 16.5. The molecule has 0 aliphatic carbocycles. The van der Waals surface area contributed by atoms with Crippen LogP contribution in [-0.4, -0.2) is 20.0 Å². The van der Waals surface area contributed by atoms with E-state index < -0.39 is 0 Å². The molecule has 0 aliphatic heterocycles. The van der Waals surface area contributed by atoms with E-state index in [0.29, 0.717) is 11.3 Å². The maximum atomic E-state index is 12.1. The highest BCUT2D eigenvalue weighted by molar-refractivity contribution is 6.04. The molecule has 2 aromatic carbocycles. The van der Waals surface area contributed by atoms with E-state index in [9.17, 15) is 4.79 Å². The molecule has 1 N–H and O–H groups in total. The summed E-state index contributed by atoms with van der Waals surface area (Å²) in [5, 5.41) is 3.08. The van der Waals surface area contributed by atoms with Crippen molar-refractivity contribution in [1.82, 2.24) is 0 Å². The van der Waals surface area contributed by atoms with Crippen LogP contribution in [0.15, 0.2) is 54.7 Å². The van der Waals surface area contributed by atoms with E-state index in [1.807, 2.05) is 25.1 Å². The van der Waals surface area contributed by atoms with Crippen molar-refractivity contribution in [2.75, 3.05) is 19.5 Å². The van der Waals surface area contributed by atoms with Crippen LogP contribution in [0.4, 0.5) is 5.69 Å². The molecule has 0 bridgehead atoms. The quantitative estimate of drug-likeness (QED) is 0.650. The number of hydrogen-bond acceptors (Lipinski definition) is 4. The van der Waals surface area contributed by atoms with Crippen LogP contribution in [0.25, 0.3) is 0 Å². The largest absolute Gasteiger partial charge is 0.497 e. The fraction of sp³-hybridized carbons (Fsp3) is 0.167. The van der Waals surface area contributed by atoms with Gasteiger partial charge in [-0.05, 0) is 36.8 Å². The molecule has 0 radical (unpaired) electrons. The topological polar surface area (TPSA) is 47.6 Å². The number of ketones is 1. The maximum absolute atomic E-state index is 12.1. The van der Waals surface area contributed by atoms with E-state index in [1.54, 1.807) is 44.7 Å². The van der Waals surface area contributed by atoms with Crippen molar-refractivity contribution < 1.29 is 14.3 Å². The van der Waals surface area contributed by atoms with Gasteiger partial charge in [0.15, 0.2) is 5.78 Å². The van der Waals surface area contributed by atoms with Gasteiger partial charge in [-0.1, -0.05) is 18.2 Å². The Morgan fingerprint density at radius 1 is 1.09 bits per heavy atom. The minimum Gasteiger partial charge on any atom is -0.497 e. The van der Waals surface area contributed by atoms with Crippen molar-refractivity contribution >= 4 is 11.5 Å². The lowest BCUT2D eigenvalue weighted by atomic mass is 10.1. The average molecular weight is 297 g/mol. The molecular weight excluding hydrogens is 278 g/mol. The lowest BCUT2D eigenvalue weighted by Gasteiger charge is -2.08. The summed E-state index contributed by atoms with van der Waals surface area (Å²) in [6.45, 7) is 2.00. The number of nitrogens with one attached hydrogen (secondary N) is 1. The first-order chi connectivity index (χ1) is 10.6. The number of carbonyl (C=O) groups excluding carboxylic acids is 1. The summed E-state index contributed by atoms with van der Waals surface area (Å²) in [4.78, 5) is 12.1. The molecule has 4 heteroatoms. The zero-order valence-corrected chi connectivity index (χ0v) is 12.9. The van der Waals surface area contributed by atoms with Gasteiger partial charge in [0.25, 0.3) is 0 Å². The predicted octanol–water partition coefficient (Wildman–Crippen LogP) is 3.82. The number of methoxy groups -OCH3 is 2. The van der Waals surface area contributed by atoms with Crippen LogP contribution >= 0.6 is 0 Å². The third-order valence-electron chi connectivity index (χ3n) is 3.18. The van der Waals surface area contributed by atoms with E-state index in [1.165, 1.54) is 6.08 Å². The highest BCUT2D eigenvalue weighted by Gasteiger charge is 2.04. The van der Waals surface area contributed by atoms with Gasteiger partial charge in [-0.2, -0.15) is 0 Å². The molecule has 0 saturated heterocycles. The van der Waals surface area contributed by atoms with E-state index in [-0.39, 0.29) is 5.78 Å².